The molecular weight excluding hydrogens is 418 g/mol. The molecule has 17 heavy (non-hydrogen) atoms. The Hall–Kier alpha value is -0.330. The zero-order valence-electron chi connectivity index (χ0n) is 8.70. The first kappa shape index (κ1) is 14.7. The van der Waals surface area contributed by atoms with Gasteiger partial charge in [-0.2, -0.15) is 0 Å². The summed E-state index contributed by atoms with van der Waals surface area (Å²) in [7, 11) is 0. The molecule has 1 N–H and O–H groups in total. The van der Waals surface area contributed by atoms with Crippen LogP contribution < -0.4 is 10.1 Å². The van der Waals surface area contributed by atoms with Crippen molar-refractivity contribution in [3.05, 3.63) is 43.0 Å². The van der Waals surface area contributed by atoms with E-state index in [1.807, 2.05) is 30.3 Å². The fourth-order valence-corrected chi connectivity index (χ4v) is 1.89. The van der Waals surface area contributed by atoms with E-state index in [1.54, 1.807) is 0 Å². The first-order chi connectivity index (χ1) is 7.95. The second-order valence-electron chi connectivity index (χ2n) is 3.05. The summed E-state index contributed by atoms with van der Waals surface area (Å²) < 4.78 is 4.70. The lowest BCUT2D eigenvalue weighted by atomic mass is 10.3. The molecule has 92 valence electrons. The molecule has 0 spiro atoms. The molecule has 1 aromatic rings. The van der Waals surface area contributed by atoms with E-state index in [-0.39, 0.29) is 5.91 Å². The van der Waals surface area contributed by atoms with Crippen molar-refractivity contribution in [3.63, 3.8) is 0 Å². The van der Waals surface area contributed by atoms with Gasteiger partial charge in [0, 0.05) is 0 Å². The van der Waals surface area contributed by atoms with Crippen LogP contribution in [-0.2, 0) is 4.79 Å². The minimum atomic E-state index is -0.944. The third-order valence-electron chi connectivity index (χ3n) is 1.75. The molecule has 0 fully saturated rings. The number of carbonyl (C=O) groups is 1. The third-order valence-corrected chi connectivity index (χ3v) is 5.09. The molecule has 0 heterocycles. The van der Waals surface area contributed by atoms with E-state index in [2.05, 4.69) is 59.7 Å². The van der Waals surface area contributed by atoms with Gasteiger partial charge < -0.3 is 10.1 Å². The molecule has 3 nitrogen and oxygen atoms in total. The summed E-state index contributed by atoms with van der Waals surface area (Å²) in [4.78, 5) is 10.7. The summed E-state index contributed by atoms with van der Waals surface area (Å²) >= 11 is 9.98. The maximum Gasteiger partial charge on any atom is 0.247 e. The normalized spacial score (nSPS) is 12.6. The number of nitrogens with one attached hydrogen (secondary N) is 1. The summed E-state index contributed by atoms with van der Waals surface area (Å²) in [5.41, 5.74) is 0. The average molecular weight is 428 g/mol. The van der Waals surface area contributed by atoms with Crippen molar-refractivity contribution in [1.29, 1.82) is 0 Å². The van der Waals surface area contributed by atoms with E-state index in [9.17, 15) is 4.79 Å². The van der Waals surface area contributed by atoms with Crippen LogP contribution in [0, 0.1) is 0 Å². The van der Waals surface area contributed by atoms with Crippen molar-refractivity contribution >= 4 is 53.7 Å². The second-order valence-corrected chi connectivity index (χ2v) is 7.39. The molecule has 0 aliphatic carbocycles. The summed E-state index contributed by atoms with van der Waals surface area (Å²) in [6.07, 6.45) is 1.19. The molecule has 1 atom stereocenters. The van der Waals surface area contributed by atoms with Gasteiger partial charge in [0.05, 0.1) is 0 Å². The van der Waals surface area contributed by atoms with Crippen LogP contribution in [0.3, 0.4) is 0 Å². The Labute approximate surface area is 125 Å². The zero-order valence-corrected chi connectivity index (χ0v) is 13.5. The van der Waals surface area contributed by atoms with Crippen LogP contribution in [0.2, 0.25) is 0 Å². The van der Waals surface area contributed by atoms with Crippen molar-refractivity contribution in [2.45, 2.75) is 8.37 Å². The highest BCUT2D eigenvalue weighted by Gasteiger charge is 2.35. The number of benzene rings is 1. The van der Waals surface area contributed by atoms with Gasteiger partial charge in [0.2, 0.25) is 9.33 Å². The number of hydrogen-bond acceptors (Lipinski definition) is 2. The molecule has 1 aromatic carbocycles. The SMILES string of the molecule is C=CC(=O)NC(Br)C(Br)(Br)Oc1ccccc1. The molecule has 1 amide bonds. The number of carbonyl (C=O) groups excluding carboxylic acids is 1. The van der Waals surface area contributed by atoms with E-state index in [0.717, 1.165) is 0 Å². The number of amides is 1. The van der Waals surface area contributed by atoms with Crippen LogP contribution in [0.25, 0.3) is 0 Å². The summed E-state index contributed by atoms with van der Waals surface area (Å²) in [5.74, 6) is 0.366. The van der Waals surface area contributed by atoms with Gasteiger partial charge in [-0.15, -0.1) is 0 Å². The van der Waals surface area contributed by atoms with Crippen LogP contribution in [0.5, 0.6) is 5.75 Å². The van der Waals surface area contributed by atoms with Crippen molar-refractivity contribution in [2.24, 2.45) is 0 Å². The fraction of sp³-hybridized carbons (Fsp3) is 0.182. The minimum Gasteiger partial charge on any atom is -0.463 e. The Balaban J connectivity index is 2.67. The fourth-order valence-electron chi connectivity index (χ4n) is 0.965. The lowest BCUT2D eigenvalue weighted by molar-refractivity contribution is -0.116. The topological polar surface area (TPSA) is 38.3 Å². The number of ether oxygens (including phenoxy) is 1. The van der Waals surface area contributed by atoms with E-state index < -0.39 is 8.37 Å². The number of halogens is 3. The molecule has 0 aromatic heterocycles. The van der Waals surface area contributed by atoms with E-state index >= 15 is 0 Å². The highest BCUT2D eigenvalue weighted by atomic mass is 79.9. The van der Waals surface area contributed by atoms with Gasteiger partial charge in [-0.25, -0.2) is 0 Å². The van der Waals surface area contributed by atoms with Gasteiger partial charge in [0.15, 0.2) is 0 Å². The molecule has 1 unspecified atom stereocenters. The minimum absolute atomic E-state index is 0.299. The first-order valence-electron chi connectivity index (χ1n) is 4.64. The van der Waals surface area contributed by atoms with Crippen molar-refractivity contribution in [3.8, 4) is 5.75 Å². The van der Waals surface area contributed by atoms with Crippen LogP contribution in [-0.4, -0.2) is 14.3 Å². The Morgan fingerprint density at radius 2 is 2.00 bits per heavy atom. The van der Waals surface area contributed by atoms with Gasteiger partial charge in [-0.05, 0) is 50.1 Å². The molecule has 0 aliphatic heterocycles. The summed E-state index contributed by atoms with van der Waals surface area (Å²) in [6.45, 7) is 3.38. The molecular formula is C11H10Br3NO2. The van der Waals surface area contributed by atoms with E-state index in [4.69, 9.17) is 4.74 Å². The molecule has 0 bridgehead atoms. The lowest BCUT2D eigenvalue weighted by Crippen LogP contribution is -2.44. The Bertz CT molecular complexity index is 395. The summed E-state index contributed by atoms with van der Waals surface area (Å²) in [5, 5.41) is 2.63. The predicted octanol–water partition coefficient (Wildman–Crippen LogP) is 3.53. The Morgan fingerprint density at radius 1 is 1.41 bits per heavy atom. The average Bonchev–Trinajstić information content (AvgIpc) is 2.29. The van der Waals surface area contributed by atoms with E-state index in [0.29, 0.717) is 5.75 Å². The second kappa shape index (κ2) is 6.56. The van der Waals surface area contributed by atoms with Crippen LogP contribution in [0.4, 0.5) is 0 Å². The first-order valence-corrected chi connectivity index (χ1v) is 7.15. The molecule has 0 saturated carbocycles. The van der Waals surface area contributed by atoms with Crippen LogP contribution in [0.15, 0.2) is 43.0 Å². The molecule has 6 heteroatoms. The maximum atomic E-state index is 11.2. The molecule has 0 radical (unpaired) electrons. The molecule has 1 rings (SSSR count). The predicted molar refractivity (Wildman–Crippen MR) is 78.7 cm³/mol. The molecule has 0 aliphatic rings. The lowest BCUT2D eigenvalue weighted by Gasteiger charge is -2.27. The number of alkyl halides is 3. The van der Waals surface area contributed by atoms with Crippen LogP contribution in [0.1, 0.15) is 0 Å². The largest absolute Gasteiger partial charge is 0.463 e. The molecule has 0 saturated heterocycles. The van der Waals surface area contributed by atoms with Crippen molar-refractivity contribution in [1.82, 2.24) is 5.32 Å². The van der Waals surface area contributed by atoms with Gasteiger partial charge >= 0.3 is 0 Å². The van der Waals surface area contributed by atoms with Crippen molar-refractivity contribution in [2.75, 3.05) is 0 Å². The third kappa shape index (κ3) is 4.81. The number of para-hydroxylation sites is 1. The smallest absolute Gasteiger partial charge is 0.247 e. The highest BCUT2D eigenvalue weighted by Crippen LogP contribution is 2.35. The van der Waals surface area contributed by atoms with Gasteiger partial charge in [0.25, 0.3) is 0 Å². The van der Waals surface area contributed by atoms with E-state index in [1.165, 1.54) is 6.08 Å². The quantitative estimate of drug-likeness (QED) is 0.443. The van der Waals surface area contributed by atoms with Crippen LogP contribution >= 0.6 is 47.8 Å². The standard InChI is InChI=1S/C11H10Br3NO2/c1-2-9(16)15-10(12)11(13,14)17-8-6-4-3-5-7-8/h2-7,10H,1H2,(H,15,16). The van der Waals surface area contributed by atoms with Gasteiger partial charge in [-0.1, -0.05) is 40.7 Å². The monoisotopic (exact) mass is 425 g/mol. The number of rotatable bonds is 5. The Morgan fingerprint density at radius 3 is 2.53 bits per heavy atom. The maximum absolute atomic E-state index is 11.2. The Kier molecular flexibility index (Phi) is 5.69. The van der Waals surface area contributed by atoms with Gasteiger partial charge in [-0.3, -0.25) is 4.79 Å². The van der Waals surface area contributed by atoms with Crippen molar-refractivity contribution < 1.29 is 9.53 Å². The number of hydrogen-bond donors (Lipinski definition) is 1. The highest BCUT2D eigenvalue weighted by molar-refractivity contribution is 9.26. The summed E-state index contributed by atoms with van der Waals surface area (Å²) in [6, 6.07) is 9.23. The van der Waals surface area contributed by atoms with Gasteiger partial charge in [0.1, 0.15) is 10.7 Å². The zero-order chi connectivity index (χ0) is 12.9.